The summed E-state index contributed by atoms with van der Waals surface area (Å²) >= 11 is 4.59. The Hall–Kier alpha value is -0.883. The van der Waals surface area contributed by atoms with Crippen LogP contribution in [-0.2, 0) is 9.59 Å². The van der Waals surface area contributed by atoms with Gasteiger partial charge in [0.1, 0.15) is 30.4 Å². The molecular formula is C14H20N4O3S3Si. The predicted octanol–water partition coefficient (Wildman–Crippen LogP) is 1.99. The van der Waals surface area contributed by atoms with Gasteiger partial charge in [0.25, 0.3) is 0 Å². The first-order valence-electron chi connectivity index (χ1n) is 7.78. The lowest BCUT2D eigenvalue weighted by molar-refractivity contribution is -0.148. The van der Waals surface area contributed by atoms with Crippen LogP contribution >= 0.6 is 34.9 Å². The predicted molar refractivity (Wildman–Crippen MR) is 103 cm³/mol. The van der Waals surface area contributed by atoms with E-state index in [0.717, 1.165) is 14.9 Å². The molecule has 1 unspecified atom stereocenters. The highest BCUT2D eigenvalue weighted by Gasteiger charge is 2.54. The van der Waals surface area contributed by atoms with Crippen molar-refractivity contribution in [2.24, 2.45) is 0 Å². The first kappa shape index (κ1) is 18.9. The van der Waals surface area contributed by atoms with Crippen molar-refractivity contribution in [3.63, 3.8) is 0 Å². The molecule has 11 heteroatoms. The minimum absolute atomic E-state index is 0.122. The number of aromatic nitrogens is 2. The van der Waals surface area contributed by atoms with Crippen molar-refractivity contribution in [2.75, 3.05) is 11.5 Å². The molecule has 1 saturated heterocycles. The number of hydrogen-bond acceptors (Lipinski definition) is 8. The fraction of sp³-hybridized carbons (Fsp3) is 0.571. The van der Waals surface area contributed by atoms with E-state index in [0.29, 0.717) is 11.5 Å². The summed E-state index contributed by atoms with van der Waals surface area (Å²) in [5.74, 6) is -0.0446. The van der Waals surface area contributed by atoms with Crippen molar-refractivity contribution >= 4 is 55.0 Å². The average molecular weight is 417 g/mol. The normalized spacial score (nSPS) is 23.5. The van der Waals surface area contributed by atoms with Crippen molar-refractivity contribution in [3.8, 4) is 0 Å². The van der Waals surface area contributed by atoms with Crippen molar-refractivity contribution in [2.45, 2.75) is 42.3 Å². The van der Waals surface area contributed by atoms with Gasteiger partial charge in [0.2, 0.25) is 5.91 Å². The van der Waals surface area contributed by atoms with E-state index in [1.165, 1.54) is 28.0 Å². The summed E-state index contributed by atoms with van der Waals surface area (Å²) < 4.78 is 0.815. The number of rotatable bonds is 6. The summed E-state index contributed by atoms with van der Waals surface area (Å²) in [5, 5.41) is 18.4. The van der Waals surface area contributed by atoms with E-state index < -0.39 is 14.2 Å². The number of hydrogen-bond donors (Lipinski definition) is 2. The Morgan fingerprint density at radius 1 is 1.44 bits per heavy atom. The molecule has 1 aromatic rings. The minimum Gasteiger partial charge on any atom is -0.477 e. The standard InChI is InChI=1S/C14H20N4O3S3Si/c1-7-15-16-14(24-7)23-6-8-5-22-12-9(17-25(2,3)4)11(19)18(12)10(8)13(20)21/h9,12,17H,5-6H2,1-4H3,(H,20,21)/t9?,12-/m0/s1. The molecule has 1 aromatic heterocycles. The molecule has 2 aliphatic heterocycles. The fourth-order valence-corrected chi connectivity index (χ4v) is 7.38. The molecule has 136 valence electrons. The number of thioether (sulfide) groups is 2. The van der Waals surface area contributed by atoms with Crippen LogP contribution in [0.3, 0.4) is 0 Å². The molecule has 0 spiro atoms. The molecule has 0 aromatic carbocycles. The Balaban J connectivity index is 1.77. The summed E-state index contributed by atoms with van der Waals surface area (Å²) in [6.45, 7) is 8.29. The van der Waals surface area contributed by atoms with Gasteiger partial charge in [0.15, 0.2) is 4.34 Å². The van der Waals surface area contributed by atoms with E-state index in [1.54, 1.807) is 11.8 Å². The molecule has 0 aliphatic carbocycles. The van der Waals surface area contributed by atoms with Crippen LogP contribution in [0.15, 0.2) is 15.6 Å². The summed E-state index contributed by atoms with van der Waals surface area (Å²) in [6, 6.07) is -0.272. The van der Waals surface area contributed by atoms with Crippen LogP contribution in [0, 0.1) is 6.92 Å². The number of nitrogens with one attached hydrogen (secondary N) is 1. The summed E-state index contributed by atoms with van der Waals surface area (Å²) in [6.07, 6.45) is 0. The van der Waals surface area contributed by atoms with E-state index in [-0.39, 0.29) is 23.0 Å². The highest BCUT2D eigenvalue weighted by atomic mass is 32.2. The van der Waals surface area contributed by atoms with E-state index in [9.17, 15) is 14.7 Å². The molecule has 3 rings (SSSR count). The van der Waals surface area contributed by atoms with Gasteiger partial charge in [0.05, 0.1) is 0 Å². The number of β-lactam (4-membered cyclic amide) rings is 1. The molecule has 0 radical (unpaired) electrons. The number of carboxylic acid groups (broad SMARTS) is 1. The lowest BCUT2D eigenvalue weighted by Gasteiger charge is -2.51. The largest absolute Gasteiger partial charge is 0.477 e. The second kappa shape index (κ2) is 7.03. The Kier molecular flexibility index (Phi) is 5.31. The third kappa shape index (κ3) is 3.95. The van der Waals surface area contributed by atoms with Gasteiger partial charge in [-0.1, -0.05) is 42.7 Å². The van der Waals surface area contributed by atoms with Gasteiger partial charge in [-0.15, -0.1) is 22.0 Å². The van der Waals surface area contributed by atoms with Crippen molar-refractivity contribution in [3.05, 3.63) is 16.3 Å². The maximum Gasteiger partial charge on any atom is 0.352 e. The van der Waals surface area contributed by atoms with E-state index in [4.69, 9.17) is 0 Å². The molecule has 2 atom stereocenters. The van der Waals surface area contributed by atoms with Crippen molar-refractivity contribution in [1.29, 1.82) is 0 Å². The third-order valence-corrected chi connectivity index (χ3v) is 8.29. The molecule has 1 amide bonds. The quantitative estimate of drug-likeness (QED) is 0.413. The maximum absolute atomic E-state index is 12.6. The lowest BCUT2D eigenvalue weighted by atomic mass is 10.0. The summed E-state index contributed by atoms with van der Waals surface area (Å²) in [4.78, 5) is 29.2. The first-order valence-corrected chi connectivity index (χ1v) is 14.1. The van der Waals surface area contributed by atoms with Gasteiger partial charge in [-0.05, 0) is 12.5 Å². The van der Waals surface area contributed by atoms with Gasteiger partial charge >= 0.3 is 5.97 Å². The molecule has 7 nitrogen and oxygen atoms in total. The fourth-order valence-electron chi connectivity index (χ4n) is 2.75. The second-order valence-corrected chi connectivity index (χ2v) is 15.2. The summed E-state index contributed by atoms with van der Waals surface area (Å²) in [7, 11) is -1.62. The van der Waals surface area contributed by atoms with Crippen LogP contribution in [0.25, 0.3) is 0 Å². The zero-order chi connectivity index (χ0) is 18.4. The molecule has 0 saturated carbocycles. The smallest absolute Gasteiger partial charge is 0.352 e. The zero-order valence-corrected chi connectivity index (χ0v) is 17.8. The zero-order valence-electron chi connectivity index (χ0n) is 14.4. The van der Waals surface area contributed by atoms with E-state index >= 15 is 0 Å². The number of aryl methyl sites for hydroxylation is 1. The van der Waals surface area contributed by atoms with Crippen molar-refractivity contribution in [1.82, 2.24) is 20.1 Å². The molecule has 3 heterocycles. The van der Waals surface area contributed by atoms with Gasteiger partial charge < -0.3 is 10.1 Å². The van der Waals surface area contributed by atoms with Crippen LogP contribution in [0.5, 0.6) is 0 Å². The number of aliphatic carboxylic acids is 1. The Bertz CT molecular complexity index is 746. The lowest BCUT2D eigenvalue weighted by Crippen LogP contribution is -2.73. The van der Waals surface area contributed by atoms with Gasteiger partial charge in [-0.3, -0.25) is 9.69 Å². The van der Waals surface area contributed by atoms with Crippen LogP contribution in [0.4, 0.5) is 0 Å². The van der Waals surface area contributed by atoms with E-state index in [2.05, 4.69) is 34.8 Å². The van der Waals surface area contributed by atoms with Crippen LogP contribution in [-0.4, -0.2) is 63.2 Å². The Morgan fingerprint density at radius 2 is 2.16 bits per heavy atom. The van der Waals surface area contributed by atoms with Gasteiger partial charge in [-0.2, -0.15) is 0 Å². The molecule has 2 aliphatic rings. The minimum atomic E-state index is -1.62. The van der Waals surface area contributed by atoms with Crippen LogP contribution in [0.2, 0.25) is 19.6 Å². The highest BCUT2D eigenvalue weighted by Crippen LogP contribution is 2.42. The van der Waals surface area contributed by atoms with Crippen molar-refractivity contribution < 1.29 is 14.7 Å². The Morgan fingerprint density at radius 3 is 2.72 bits per heavy atom. The molecule has 25 heavy (non-hydrogen) atoms. The first-order chi connectivity index (χ1) is 11.7. The number of fused-ring (bicyclic) bond motifs is 1. The number of carboxylic acids is 1. The third-order valence-electron chi connectivity index (χ3n) is 3.72. The maximum atomic E-state index is 12.6. The van der Waals surface area contributed by atoms with Gasteiger partial charge in [0, 0.05) is 11.5 Å². The summed E-state index contributed by atoms with van der Waals surface area (Å²) in [5.41, 5.74) is 0.919. The molecular weight excluding hydrogens is 396 g/mol. The number of carbonyl (C=O) groups is 2. The SMILES string of the molecule is Cc1nnc(SCC2=C(C(=O)O)N3C(=O)C(N[Si](C)(C)C)[C@@H]3SC2)s1. The number of nitrogens with zero attached hydrogens (tertiary/aromatic N) is 3. The van der Waals surface area contributed by atoms with Crippen LogP contribution < -0.4 is 4.98 Å². The molecule has 1 fully saturated rings. The highest BCUT2D eigenvalue weighted by molar-refractivity contribution is 8.01. The van der Waals surface area contributed by atoms with Crippen LogP contribution in [0.1, 0.15) is 5.01 Å². The molecule has 2 N–H and O–H groups in total. The second-order valence-electron chi connectivity index (χ2n) is 6.91. The Labute approximate surface area is 159 Å². The number of amides is 1. The number of carbonyl (C=O) groups excluding carboxylic acids is 1. The average Bonchev–Trinajstić information content (AvgIpc) is 2.94. The molecule has 0 bridgehead atoms. The topological polar surface area (TPSA) is 95.4 Å². The monoisotopic (exact) mass is 416 g/mol. The van der Waals surface area contributed by atoms with E-state index in [1.807, 2.05) is 6.92 Å². The van der Waals surface area contributed by atoms with Gasteiger partial charge in [-0.25, -0.2) is 4.79 Å².